The molecule has 0 bridgehead atoms. The molecule has 3 aromatic heterocycles. The van der Waals surface area contributed by atoms with Gasteiger partial charge in [-0.15, -0.1) is 11.3 Å². The molecule has 31 heavy (non-hydrogen) atoms. The lowest BCUT2D eigenvalue weighted by atomic mass is 10.2. The van der Waals surface area contributed by atoms with Crippen LogP contribution in [0.25, 0.3) is 21.7 Å². The molecule has 0 radical (unpaired) electrons. The van der Waals surface area contributed by atoms with Crippen molar-refractivity contribution in [3.8, 4) is 10.8 Å². The maximum absolute atomic E-state index is 12.8. The summed E-state index contributed by atoms with van der Waals surface area (Å²) in [7, 11) is 0. The fourth-order valence-corrected chi connectivity index (χ4v) is 4.35. The number of amides is 2. The quantitative estimate of drug-likeness (QED) is 0.461. The molecule has 4 aromatic rings. The van der Waals surface area contributed by atoms with E-state index < -0.39 is 0 Å². The Labute approximate surface area is 183 Å². The molecule has 10 heteroatoms. The number of aromatic amines is 1. The van der Waals surface area contributed by atoms with Crippen molar-refractivity contribution < 1.29 is 9.59 Å². The van der Waals surface area contributed by atoms with Crippen molar-refractivity contribution in [3.63, 3.8) is 0 Å². The number of anilines is 1. The minimum atomic E-state index is -0.226. The van der Waals surface area contributed by atoms with Gasteiger partial charge in [-0.3, -0.25) is 14.7 Å². The minimum absolute atomic E-state index is 0.0862. The molecule has 4 rings (SSSR count). The highest BCUT2D eigenvalue weighted by Gasteiger charge is 2.18. The number of nitrogens with one attached hydrogen (secondary N) is 2. The van der Waals surface area contributed by atoms with Crippen molar-refractivity contribution in [3.05, 3.63) is 47.4 Å². The maximum atomic E-state index is 12.8. The molecule has 3 heterocycles. The Morgan fingerprint density at radius 3 is 2.74 bits per heavy atom. The molecule has 160 valence electrons. The monoisotopic (exact) mass is 437 g/mol. The first-order chi connectivity index (χ1) is 15.0. The summed E-state index contributed by atoms with van der Waals surface area (Å²) in [6.07, 6.45) is 3.30. The standard InChI is InChI=1S/C21H23N7O2S/c1-4-27(5-2)17(29)11-28-9-8-14-10-15(6-7-16(14)28)25-20(30)18-13(3)24-21(31-18)19-22-12-23-26-19/h6-10,12H,4-5,11H2,1-3H3,(H,25,30)(H,22,23,26). The van der Waals surface area contributed by atoms with E-state index in [4.69, 9.17) is 0 Å². The van der Waals surface area contributed by atoms with Gasteiger partial charge in [0.05, 0.1) is 5.69 Å². The van der Waals surface area contributed by atoms with Crippen LogP contribution in [0.5, 0.6) is 0 Å². The molecule has 0 saturated carbocycles. The molecule has 0 fully saturated rings. The zero-order valence-electron chi connectivity index (χ0n) is 17.5. The second-order valence-electron chi connectivity index (χ2n) is 7.01. The average molecular weight is 438 g/mol. The zero-order valence-corrected chi connectivity index (χ0v) is 18.4. The summed E-state index contributed by atoms with van der Waals surface area (Å²) in [6, 6.07) is 7.60. The number of fused-ring (bicyclic) bond motifs is 1. The number of rotatable bonds is 7. The van der Waals surface area contributed by atoms with Gasteiger partial charge < -0.3 is 14.8 Å². The lowest BCUT2D eigenvalue weighted by Gasteiger charge is -2.19. The maximum Gasteiger partial charge on any atom is 0.267 e. The van der Waals surface area contributed by atoms with Crippen molar-refractivity contribution >= 4 is 39.7 Å². The minimum Gasteiger partial charge on any atom is -0.342 e. The van der Waals surface area contributed by atoms with Crippen molar-refractivity contribution in [2.75, 3.05) is 18.4 Å². The number of nitrogens with zero attached hydrogens (tertiary/aromatic N) is 5. The number of hydrogen-bond acceptors (Lipinski definition) is 6. The molecule has 1 aromatic carbocycles. The molecule has 0 atom stereocenters. The summed E-state index contributed by atoms with van der Waals surface area (Å²) in [5.41, 5.74) is 2.26. The van der Waals surface area contributed by atoms with Crippen LogP contribution >= 0.6 is 11.3 Å². The number of hydrogen-bond donors (Lipinski definition) is 2. The van der Waals surface area contributed by atoms with Crippen LogP contribution in [0.2, 0.25) is 0 Å². The number of thiazole rings is 1. The van der Waals surface area contributed by atoms with Crippen LogP contribution in [0, 0.1) is 6.92 Å². The zero-order chi connectivity index (χ0) is 22.0. The van der Waals surface area contributed by atoms with Gasteiger partial charge in [0.2, 0.25) is 5.91 Å². The van der Waals surface area contributed by atoms with E-state index in [9.17, 15) is 9.59 Å². The van der Waals surface area contributed by atoms with E-state index in [1.54, 1.807) is 6.92 Å². The fraction of sp³-hybridized carbons (Fsp3) is 0.286. The molecule has 0 unspecified atom stereocenters. The third-order valence-corrected chi connectivity index (χ3v) is 6.23. The predicted molar refractivity (Wildman–Crippen MR) is 120 cm³/mol. The van der Waals surface area contributed by atoms with Gasteiger partial charge in [-0.1, -0.05) is 0 Å². The van der Waals surface area contributed by atoms with Gasteiger partial charge in [-0.25, -0.2) is 9.97 Å². The number of benzene rings is 1. The normalized spacial score (nSPS) is 11.1. The summed E-state index contributed by atoms with van der Waals surface area (Å²) in [5.74, 6) is 0.397. The molecule has 2 N–H and O–H groups in total. The molecular formula is C21H23N7O2S. The Hall–Kier alpha value is -3.53. The fourth-order valence-electron chi connectivity index (χ4n) is 3.44. The van der Waals surface area contributed by atoms with Gasteiger partial charge in [0.15, 0.2) is 10.8 Å². The average Bonchev–Trinajstić information content (AvgIpc) is 3.49. The number of carbonyl (C=O) groups is 2. The summed E-state index contributed by atoms with van der Waals surface area (Å²) in [4.78, 5) is 36.1. The molecule has 0 spiro atoms. The molecule has 9 nitrogen and oxygen atoms in total. The highest BCUT2D eigenvalue weighted by atomic mass is 32.1. The van der Waals surface area contributed by atoms with Crippen molar-refractivity contribution in [1.82, 2.24) is 29.6 Å². The first kappa shape index (κ1) is 20.7. The Bertz CT molecular complexity index is 1220. The molecule has 2 amide bonds. The van der Waals surface area contributed by atoms with E-state index in [0.717, 1.165) is 10.9 Å². The van der Waals surface area contributed by atoms with E-state index >= 15 is 0 Å². The number of aryl methyl sites for hydroxylation is 1. The van der Waals surface area contributed by atoms with E-state index in [0.29, 0.717) is 46.7 Å². The number of carbonyl (C=O) groups excluding carboxylic acids is 2. The van der Waals surface area contributed by atoms with Crippen LogP contribution in [0.1, 0.15) is 29.2 Å². The van der Waals surface area contributed by atoms with Gasteiger partial charge in [0, 0.05) is 35.9 Å². The van der Waals surface area contributed by atoms with Crippen LogP contribution in [-0.4, -0.2) is 54.5 Å². The topological polar surface area (TPSA) is 109 Å². The molecule has 0 aliphatic heterocycles. The van der Waals surface area contributed by atoms with Crippen LogP contribution in [0.3, 0.4) is 0 Å². The first-order valence-corrected chi connectivity index (χ1v) is 10.8. The smallest absolute Gasteiger partial charge is 0.267 e. The summed E-state index contributed by atoms with van der Waals surface area (Å²) < 4.78 is 1.93. The van der Waals surface area contributed by atoms with E-state index in [1.807, 2.05) is 53.8 Å². The lowest BCUT2D eigenvalue weighted by molar-refractivity contribution is -0.131. The van der Waals surface area contributed by atoms with Crippen LogP contribution in [0.15, 0.2) is 36.8 Å². The van der Waals surface area contributed by atoms with Gasteiger partial charge in [0.1, 0.15) is 17.7 Å². The summed E-state index contributed by atoms with van der Waals surface area (Å²) >= 11 is 1.26. The Morgan fingerprint density at radius 2 is 2.03 bits per heavy atom. The van der Waals surface area contributed by atoms with E-state index in [2.05, 4.69) is 25.5 Å². The highest BCUT2D eigenvalue weighted by Crippen LogP contribution is 2.27. The second-order valence-corrected chi connectivity index (χ2v) is 8.00. The number of aromatic nitrogens is 5. The second kappa shape index (κ2) is 8.68. The summed E-state index contributed by atoms with van der Waals surface area (Å²) in [6.45, 7) is 7.43. The van der Waals surface area contributed by atoms with E-state index in [-0.39, 0.29) is 11.8 Å². The number of likely N-dealkylation sites (N-methyl/N-ethyl adjacent to an activating group) is 1. The highest BCUT2D eigenvalue weighted by molar-refractivity contribution is 7.17. The summed E-state index contributed by atoms with van der Waals surface area (Å²) in [5, 5.41) is 11.1. The van der Waals surface area contributed by atoms with Crippen molar-refractivity contribution in [2.45, 2.75) is 27.3 Å². The SMILES string of the molecule is CCN(CC)C(=O)Cn1ccc2cc(NC(=O)c3sc(-c4ncn[nH]4)nc3C)ccc21. The van der Waals surface area contributed by atoms with Crippen LogP contribution in [-0.2, 0) is 11.3 Å². The Balaban J connectivity index is 1.51. The van der Waals surface area contributed by atoms with Crippen LogP contribution < -0.4 is 5.32 Å². The third kappa shape index (κ3) is 4.19. The molecule has 0 aliphatic rings. The van der Waals surface area contributed by atoms with Gasteiger partial charge in [-0.2, -0.15) is 5.10 Å². The predicted octanol–water partition coefficient (Wildman–Crippen LogP) is 3.31. The molecule has 0 saturated heterocycles. The Morgan fingerprint density at radius 1 is 1.23 bits per heavy atom. The van der Waals surface area contributed by atoms with Crippen molar-refractivity contribution in [2.24, 2.45) is 0 Å². The largest absolute Gasteiger partial charge is 0.342 e. The molecular weight excluding hydrogens is 414 g/mol. The third-order valence-electron chi connectivity index (χ3n) is 5.07. The lowest BCUT2D eigenvalue weighted by Crippen LogP contribution is -2.33. The van der Waals surface area contributed by atoms with Crippen LogP contribution in [0.4, 0.5) is 5.69 Å². The number of H-pyrrole nitrogens is 1. The van der Waals surface area contributed by atoms with Gasteiger partial charge in [0.25, 0.3) is 5.91 Å². The Kier molecular flexibility index (Phi) is 5.81. The van der Waals surface area contributed by atoms with Crippen molar-refractivity contribution in [1.29, 1.82) is 0 Å². The van der Waals surface area contributed by atoms with Gasteiger partial charge in [-0.05, 0) is 45.0 Å². The first-order valence-electron chi connectivity index (χ1n) is 10.0. The van der Waals surface area contributed by atoms with Gasteiger partial charge >= 0.3 is 0 Å². The van der Waals surface area contributed by atoms with E-state index in [1.165, 1.54) is 17.7 Å². The molecule has 0 aliphatic carbocycles.